The van der Waals surface area contributed by atoms with Gasteiger partial charge in [0.2, 0.25) is 18.3 Å². The number of hydrogen-bond acceptors (Lipinski definition) is 3. The van der Waals surface area contributed by atoms with Crippen molar-refractivity contribution >= 4 is 34.7 Å². The van der Waals surface area contributed by atoms with Crippen LogP contribution in [0.5, 0.6) is 0 Å². The fourth-order valence-corrected chi connectivity index (χ4v) is 12.7. The third kappa shape index (κ3) is 4.67. The zero-order valence-corrected chi connectivity index (χ0v) is 20.9. The van der Waals surface area contributed by atoms with Crippen molar-refractivity contribution in [3.05, 3.63) is 72.1 Å². The van der Waals surface area contributed by atoms with Gasteiger partial charge < -0.3 is 5.11 Å². The Labute approximate surface area is 192 Å². The predicted octanol–water partition coefficient (Wildman–Crippen LogP) is 3.51. The molecule has 0 unspecified atom stereocenters. The van der Waals surface area contributed by atoms with Crippen LogP contribution in [0.1, 0.15) is 40.5 Å². The van der Waals surface area contributed by atoms with E-state index in [0.717, 1.165) is 15.8 Å². The first-order valence-corrected chi connectivity index (χ1v) is 14.3. The van der Waals surface area contributed by atoms with E-state index in [4.69, 9.17) is 0 Å². The Hall–Kier alpha value is -2.42. The molecule has 0 aliphatic carbocycles. The third-order valence-corrected chi connectivity index (χ3v) is 13.9. The van der Waals surface area contributed by atoms with E-state index in [2.05, 4.69) is 25.2 Å². The lowest BCUT2D eigenvalue weighted by Crippen LogP contribution is -2.74. The van der Waals surface area contributed by atoms with E-state index < -0.39 is 29.9 Å². The van der Waals surface area contributed by atoms with E-state index in [-0.39, 0.29) is 5.04 Å². The van der Waals surface area contributed by atoms with Crippen LogP contribution < -0.4 is 14.8 Å². The van der Waals surface area contributed by atoms with Crippen molar-refractivity contribution in [2.45, 2.75) is 51.1 Å². The molecule has 2 N–H and O–H groups in total. The maximum Gasteiger partial charge on any atom is 0.407 e. The molecule has 6 nitrogen and oxygen atoms in total. The van der Waals surface area contributed by atoms with Gasteiger partial charge in [-0.1, -0.05) is 81.4 Å². The molecule has 1 atom stereocenters. The molecule has 1 amide bonds. The molecule has 1 aliphatic heterocycles. The number of rotatable bonds is 6. The second kappa shape index (κ2) is 8.84. The van der Waals surface area contributed by atoms with Crippen LogP contribution in [0.4, 0.5) is 4.79 Å². The number of carboxylic acid groups (broad SMARTS) is 1. The van der Waals surface area contributed by atoms with Gasteiger partial charge in [-0.05, 0) is 41.3 Å². The Balaban J connectivity index is 2.10. The summed E-state index contributed by atoms with van der Waals surface area (Å²) in [4.78, 5) is 12.9. The number of carbonyl (C=O) groups is 1. The van der Waals surface area contributed by atoms with Crippen LogP contribution in [-0.2, 0) is 10.0 Å². The summed E-state index contributed by atoms with van der Waals surface area (Å²) < 4.78 is 30.1. The summed E-state index contributed by atoms with van der Waals surface area (Å²) >= 11 is 0. The molecule has 0 bridgehead atoms. The molecule has 1 heterocycles. The first kappa shape index (κ1) is 24.2. The van der Waals surface area contributed by atoms with Crippen LogP contribution in [0.3, 0.4) is 0 Å². The molecule has 2 aromatic carbocycles. The highest BCUT2D eigenvalue weighted by Crippen LogP contribution is 2.35. The van der Waals surface area contributed by atoms with Crippen molar-refractivity contribution in [1.29, 1.82) is 0 Å². The first-order valence-electron chi connectivity index (χ1n) is 10.8. The van der Waals surface area contributed by atoms with Crippen LogP contribution in [-0.4, -0.2) is 44.8 Å². The first-order chi connectivity index (χ1) is 14.9. The van der Waals surface area contributed by atoms with Gasteiger partial charge in [0.05, 0.1) is 5.54 Å². The normalized spacial score (nSPS) is 20.1. The number of nitrogens with zero attached hydrogens (tertiary/aromatic N) is 1. The molecule has 8 heteroatoms. The molecule has 0 spiro atoms. The molecule has 32 heavy (non-hydrogen) atoms. The Morgan fingerprint density at radius 3 is 2.00 bits per heavy atom. The van der Waals surface area contributed by atoms with Gasteiger partial charge in [0.1, 0.15) is 0 Å². The lowest BCUT2D eigenvalue weighted by Gasteiger charge is -2.43. The van der Waals surface area contributed by atoms with Crippen molar-refractivity contribution in [2.75, 3.05) is 6.54 Å². The highest BCUT2D eigenvalue weighted by Gasteiger charge is 2.50. The molecule has 2 aromatic rings. The fourth-order valence-electron chi connectivity index (χ4n) is 4.64. The summed E-state index contributed by atoms with van der Waals surface area (Å²) in [7, 11) is -6.93. The average Bonchev–Trinajstić information content (AvgIpc) is 3.13. The minimum Gasteiger partial charge on any atom is -0.465 e. The lowest BCUT2D eigenvalue weighted by molar-refractivity contribution is 0.126. The molecular weight excluding hydrogens is 440 g/mol. The monoisotopic (exact) mass is 472 g/mol. The van der Waals surface area contributed by atoms with Gasteiger partial charge in [-0.3, -0.25) is 4.90 Å². The number of sulfonamides is 1. The van der Waals surface area contributed by atoms with Gasteiger partial charge in [-0.2, -0.15) is 0 Å². The maximum absolute atomic E-state index is 13.5. The molecule has 0 radical (unpaired) electrons. The van der Waals surface area contributed by atoms with Crippen LogP contribution >= 0.6 is 0 Å². The zero-order valence-electron chi connectivity index (χ0n) is 19.1. The SMILES string of the molecule is CC(C)(C)[Si](NS(=O)(=O)/C=C/[C@@]1(C)CCCN1C(=O)O)(c1ccccc1)c1ccccc1. The number of amides is 1. The van der Waals surface area contributed by atoms with Gasteiger partial charge in [0, 0.05) is 12.0 Å². The van der Waals surface area contributed by atoms with Gasteiger partial charge in [0.25, 0.3) is 0 Å². The van der Waals surface area contributed by atoms with E-state index in [1.807, 2.05) is 60.7 Å². The summed E-state index contributed by atoms with van der Waals surface area (Å²) in [5.74, 6) is 0. The number of hydrogen-bond donors (Lipinski definition) is 2. The molecule has 0 saturated carbocycles. The zero-order chi connectivity index (χ0) is 23.6. The maximum atomic E-state index is 13.5. The predicted molar refractivity (Wildman–Crippen MR) is 131 cm³/mol. The minimum absolute atomic E-state index is 0.388. The summed E-state index contributed by atoms with van der Waals surface area (Å²) in [6, 6.07) is 19.5. The molecule has 3 rings (SSSR count). The standard InChI is InChI=1S/C24H32N2O4SSi/c1-23(2,3)32(20-12-7-5-8-13-20,21-14-9-6-10-15-21)25-31(29,30)19-17-24(4)16-11-18-26(24)22(27)28/h5-10,12-15,17,19,25H,11,16,18H2,1-4H3,(H,27,28)/b19-17+/t24-/m1/s1. The smallest absolute Gasteiger partial charge is 0.407 e. The highest BCUT2D eigenvalue weighted by molar-refractivity contribution is 7.94. The summed E-state index contributed by atoms with van der Waals surface area (Å²) in [6.07, 6.45) is 1.78. The van der Waals surface area contributed by atoms with Crippen LogP contribution in [0.25, 0.3) is 0 Å². The largest absolute Gasteiger partial charge is 0.465 e. The molecule has 1 saturated heterocycles. The molecule has 172 valence electrons. The Kier molecular flexibility index (Phi) is 6.69. The number of likely N-dealkylation sites (tertiary alicyclic amines) is 1. The fraction of sp³-hybridized carbons (Fsp3) is 0.375. The summed E-state index contributed by atoms with van der Waals surface area (Å²) in [5, 5.41) is 12.2. The quantitative estimate of drug-likeness (QED) is 0.630. The van der Waals surface area contributed by atoms with Gasteiger partial charge in [-0.15, -0.1) is 0 Å². The van der Waals surface area contributed by atoms with Crippen LogP contribution in [0, 0.1) is 0 Å². The van der Waals surface area contributed by atoms with Crippen LogP contribution in [0.2, 0.25) is 5.04 Å². The number of benzene rings is 2. The summed E-state index contributed by atoms with van der Waals surface area (Å²) in [5.41, 5.74) is -0.841. The van der Waals surface area contributed by atoms with E-state index >= 15 is 0 Å². The van der Waals surface area contributed by atoms with E-state index in [9.17, 15) is 18.3 Å². The van der Waals surface area contributed by atoms with Crippen molar-refractivity contribution in [1.82, 2.24) is 9.29 Å². The van der Waals surface area contributed by atoms with E-state index in [0.29, 0.717) is 19.4 Å². The molecular formula is C24H32N2O4SSi. The number of nitrogens with one attached hydrogen (secondary N) is 1. The van der Waals surface area contributed by atoms with E-state index in [1.165, 1.54) is 11.0 Å². The Morgan fingerprint density at radius 1 is 1.06 bits per heavy atom. The van der Waals surface area contributed by atoms with Gasteiger partial charge in [0.15, 0.2) is 0 Å². The Bertz CT molecular complexity index is 1040. The van der Waals surface area contributed by atoms with Crippen molar-refractivity contribution in [2.24, 2.45) is 0 Å². The van der Waals surface area contributed by atoms with Crippen molar-refractivity contribution in [3.8, 4) is 0 Å². The highest BCUT2D eigenvalue weighted by atomic mass is 32.2. The Morgan fingerprint density at radius 2 is 1.56 bits per heavy atom. The topological polar surface area (TPSA) is 86.7 Å². The second-order valence-corrected chi connectivity index (χ2v) is 15.9. The molecule has 1 fully saturated rings. The van der Waals surface area contributed by atoms with Crippen molar-refractivity contribution < 1.29 is 18.3 Å². The minimum atomic E-state index is -3.88. The van der Waals surface area contributed by atoms with Gasteiger partial charge in [-0.25, -0.2) is 17.6 Å². The molecule has 0 aromatic heterocycles. The lowest BCUT2D eigenvalue weighted by atomic mass is 10.00. The average molecular weight is 473 g/mol. The van der Waals surface area contributed by atoms with Gasteiger partial charge >= 0.3 is 6.09 Å². The van der Waals surface area contributed by atoms with Crippen molar-refractivity contribution in [3.63, 3.8) is 0 Å². The second-order valence-electron chi connectivity index (χ2n) is 9.58. The van der Waals surface area contributed by atoms with E-state index in [1.54, 1.807) is 6.92 Å². The third-order valence-electron chi connectivity index (χ3n) is 6.35. The molecule has 1 aliphatic rings. The van der Waals surface area contributed by atoms with Crippen LogP contribution in [0.15, 0.2) is 72.1 Å². The summed E-state index contributed by atoms with van der Waals surface area (Å²) in [6.45, 7) is 8.36.